The first kappa shape index (κ1) is 17.7. The molecule has 0 saturated heterocycles. The number of aromatic nitrogens is 2. The molecule has 0 aliphatic heterocycles. The van der Waals surface area contributed by atoms with E-state index in [4.69, 9.17) is 14.7 Å². The van der Waals surface area contributed by atoms with Crippen molar-refractivity contribution in [1.29, 1.82) is 0 Å². The lowest BCUT2D eigenvalue weighted by Crippen LogP contribution is -1.95. The highest BCUT2D eigenvalue weighted by Crippen LogP contribution is 2.23. The van der Waals surface area contributed by atoms with Crippen molar-refractivity contribution in [2.24, 2.45) is 0 Å². The van der Waals surface area contributed by atoms with Gasteiger partial charge in [-0.05, 0) is 29.8 Å². The molecule has 28 heavy (non-hydrogen) atoms. The predicted octanol–water partition coefficient (Wildman–Crippen LogP) is 5.99. The van der Waals surface area contributed by atoms with E-state index in [1.54, 1.807) is 7.11 Å². The largest absolute Gasteiger partial charge is 0.497 e. The summed E-state index contributed by atoms with van der Waals surface area (Å²) in [5.74, 6) is 1.56. The number of ether oxygens (including phenoxy) is 1. The Bertz CT molecular complexity index is 1010. The summed E-state index contributed by atoms with van der Waals surface area (Å²) in [4.78, 5) is 9.55. The number of hydrogen-bond acceptors (Lipinski definition) is 3. The molecule has 0 amide bonds. The van der Waals surface area contributed by atoms with Gasteiger partial charge in [-0.25, -0.2) is 9.97 Å². The van der Waals surface area contributed by atoms with Crippen molar-refractivity contribution in [3.8, 4) is 28.4 Å². The van der Waals surface area contributed by atoms with Gasteiger partial charge in [0.1, 0.15) is 5.75 Å². The first-order valence-corrected chi connectivity index (χ1v) is 9.14. The third-order valence-corrected chi connectivity index (χ3v) is 4.41. The molecule has 0 aliphatic carbocycles. The SMILES string of the molecule is COc1ccc(/C=C/c2cc(-c3ccccc3)nc(-c3ccccc3)n2)cc1. The highest BCUT2D eigenvalue weighted by Gasteiger charge is 2.07. The van der Waals surface area contributed by atoms with Crippen LogP contribution in [0.5, 0.6) is 5.75 Å². The minimum absolute atomic E-state index is 0.719. The third kappa shape index (κ3) is 4.15. The normalized spacial score (nSPS) is 10.9. The average molecular weight is 364 g/mol. The quantitative estimate of drug-likeness (QED) is 0.436. The van der Waals surface area contributed by atoms with Gasteiger partial charge in [-0.3, -0.25) is 0 Å². The zero-order chi connectivity index (χ0) is 19.2. The smallest absolute Gasteiger partial charge is 0.160 e. The van der Waals surface area contributed by atoms with Crippen LogP contribution >= 0.6 is 0 Å². The lowest BCUT2D eigenvalue weighted by Gasteiger charge is -2.07. The molecule has 4 aromatic rings. The molecule has 4 rings (SSSR count). The van der Waals surface area contributed by atoms with Gasteiger partial charge >= 0.3 is 0 Å². The Balaban J connectivity index is 1.74. The fourth-order valence-corrected chi connectivity index (χ4v) is 2.92. The summed E-state index contributed by atoms with van der Waals surface area (Å²) in [6.45, 7) is 0. The van der Waals surface area contributed by atoms with Crippen LogP contribution in [-0.4, -0.2) is 17.1 Å². The summed E-state index contributed by atoms with van der Waals surface area (Å²) >= 11 is 0. The molecule has 0 radical (unpaired) electrons. The second-order valence-corrected chi connectivity index (χ2v) is 6.34. The molecule has 0 atom stereocenters. The van der Waals surface area contributed by atoms with E-state index in [2.05, 4.69) is 12.1 Å². The number of methoxy groups -OCH3 is 1. The molecule has 1 aromatic heterocycles. The Morgan fingerprint density at radius 1 is 0.679 bits per heavy atom. The third-order valence-electron chi connectivity index (χ3n) is 4.41. The number of benzene rings is 3. The Morgan fingerprint density at radius 2 is 1.32 bits per heavy atom. The fraction of sp³-hybridized carbons (Fsp3) is 0.0400. The van der Waals surface area contributed by atoms with Crippen molar-refractivity contribution in [2.75, 3.05) is 7.11 Å². The molecule has 0 saturated carbocycles. The highest BCUT2D eigenvalue weighted by atomic mass is 16.5. The van der Waals surface area contributed by atoms with Gasteiger partial charge in [0.2, 0.25) is 0 Å². The van der Waals surface area contributed by atoms with Gasteiger partial charge in [-0.2, -0.15) is 0 Å². The van der Waals surface area contributed by atoms with Crippen LogP contribution in [0.15, 0.2) is 91.0 Å². The molecule has 3 heteroatoms. The number of hydrogen-bond donors (Lipinski definition) is 0. The van der Waals surface area contributed by atoms with Gasteiger partial charge in [0, 0.05) is 11.1 Å². The van der Waals surface area contributed by atoms with Gasteiger partial charge in [0.15, 0.2) is 5.82 Å². The summed E-state index contributed by atoms with van der Waals surface area (Å²) < 4.78 is 5.22. The molecular formula is C25H20N2O. The Labute approximate surface area is 165 Å². The Hall–Kier alpha value is -3.72. The van der Waals surface area contributed by atoms with Crippen molar-refractivity contribution in [3.63, 3.8) is 0 Å². The maximum atomic E-state index is 5.22. The van der Waals surface area contributed by atoms with Crippen molar-refractivity contribution in [3.05, 3.63) is 102 Å². The minimum atomic E-state index is 0.719. The van der Waals surface area contributed by atoms with Crippen molar-refractivity contribution < 1.29 is 4.74 Å². The first-order chi connectivity index (χ1) is 13.8. The zero-order valence-electron chi connectivity index (χ0n) is 15.6. The van der Waals surface area contributed by atoms with Crippen LogP contribution in [0, 0.1) is 0 Å². The van der Waals surface area contributed by atoms with E-state index in [0.717, 1.165) is 39.7 Å². The van der Waals surface area contributed by atoms with E-state index >= 15 is 0 Å². The first-order valence-electron chi connectivity index (χ1n) is 9.14. The average Bonchev–Trinajstić information content (AvgIpc) is 2.79. The topological polar surface area (TPSA) is 35.0 Å². The molecule has 3 nitrogen and oxygen atoms in total. The van der Waals surface area contributed by atoms with Crippen LogP contribution in [0.3, 0.4) is 0 Å². The zero-order valence-corrected chi connectivity index (χ0v) is 15.6. The fourth-order valence-electron chi connectivity index (χ4n) is 2.92. The summed E-state index contributed by atoms with van der Waals surface area (Å²) in [5.41, 5.74) is 4.93. The molecule has 0 fully saturated rings. The second kappa shape index (κ2) is 8.31. The summed E-state index contributed by atoms with van der Waals surface area (Å²) in [6.07, 6.45) is 4.06. The number of nitrogens with zero attached hydrogens (tertiary/aromatic N) is 2. The van der Waals surface area contributed by atoms with Crippen LogP contribution in [0.1, 0.15) is 11.3 Å². The van der Waals surface area contributed by atoms with Crippen LogP contribution in [0.4, 0.5) is 0 Å². The molecule has 136 valence electrons. The summed E-state index contributed by atoms with van der Waals surface area (Å²) in [5, 5.41) is 0. The predicted molar refractivity (Wildman–Crippen MR) is 115 cm³/mol. The van der Waals surface area contributed by atoms with Crippen LogP contribution in [0.25, 0.3) is 34.8 Å². The second-order valence-electron chi connectivity index (χ2n) is 6.34. The highest BCUT2D eigenvalue weighted by molar-refractivity contribution is 5.73. The molecule has 0 bridgehead atoms. The van der Waals surface area contributed by atoms with Crippen molar-refractivity contribution in [2.45, 2.75) is 0 Å². The maximum Gasteiger partial charge on any atom is 0.160 e. The van der Waals surface area contributed by atoms with Gasteiger partial charge in [-0.15, -0.1) is 0 Å². The van der Waals surface area contributed by atoms with Crippen LogP contribution in [0.2, 0.25) is 0 Å². The maximum absolute atomic E-state index is 5.22. The number of rotatable bonds is 5. The van der Waals surface area contributed by atoms with E-state index in [9.17, 15) is 0 Å². The minimum Gasteiger partial charge on any atom is -0.497 e. The van der Waals surface area contributed by atoms with E-state index < -0.39 is 0 Å². The monoisotopic (exact) mass is 364 g/mol. The molecule has 3 aromatic carbocycles. The van der Waals surface area contributed by atoms with Crippen LogP contribution < -0.4 is 4.74 Å². The standard InChI is InChI=1S/C25H20N2O/c1-28-23-16-13-19(14-17-23)12-15-22-18-24(20-8-4-2-5-9-20)27-25(26-22)21-10-6-3-7-11-21/h2-18H,1H3/b15-12+. The van der Waals surface area contributed by atoms with Gasteiger partial charge in [0.25, 0.3) is 0 Å². The van der Waals surface area contributed by atoms with Crippen molar-refractivity contribution in [1.82, 2.24) is 9.97 Å². The van der Waals surface area contributed by atoms with E-state index in [1.165, 1.54) is 0 Å². The summed E-state index contributed by atoms with van der Waals surface area (Å²) in [7, 11) is 1.67. The van der Waals surface area contributed by atoms with Gasteiger partial charge in [0.05, 0.1) is 18.5 Å². The summed E-state index contributed by atoms with van der Waals surface area (Å²) in [6, 6.07) is 30.2. The lowest BCUT2D eigenvalue weighted by atomic mass is 10.1. The van der Waals surface area contributed by atoms with E-state index in [-0.39, 0.29) is 0 Å². The molecule has 0 N–H and O–H groups in total. The lowest BCUT2D eigenvalue weighted by molar-refractivity contribution is 0.415. The Morgan fingerprint density at radius 3 is 1.96 bits per heavy atom. The van der Waals surface area contributed by atoms with Gasteiger partial charge < -0.3 is 4.74 Å². The van der Waals surface area contributed by atoms with Crippen molar-refractivity contribution >= 4 is 12.2 Å². The molecule has 0 aliphatic rings. The van der Waals surface area contributed by atoms with Gasteiger partial charge in [-0.1, -0.05) is 78.9 Å². The molecule has 0 spiro atoms. The molecule has 1 heterocycles. The molecular weight excluding hydrogens is 344 g/mol. The van der Waals surface area contributed by atoms with E-state index in [1.807, 2.05) is 91.0 Å². The molecule has 0 unspecified atom stereocenters. The van der Waals surface area contributed by atoms with Crippen LogP contribution in [-0.2, 0) is 0 Å². The van der Waals surface area contributed by atoms with E-state index in [0.29, 0.717) is 0 Å². The Kier molecular flexibility index (Phi) is 5.25.